The first-order valence-corrected chi connectivity index (χ1v) is 6.06. The van der Waals surface area contributed by atoms with Gasteiger partial charge in [0.05, 0.1) is 12.0 Å². The average Bonchev–Trinajstić information content (AvgIpc) is 2.37. The molecule has 1 aromatic rings. The van der Waals surface area contributed by atoms with E-state index in [4.69, 9.17) is 0 Å². The molecule has 104 valence electrons. The Morgan fingerprint density at radius 3 is 2.68 bits per heavy atom. The van der Waals surface area contributed by atoms with Crippen LogP contribution in [0.3, 0.4) is 0 Å². The van der Waals surface area contributed by atoms with Gasteiger partial charge in [-0.3, -0.25) is 10.1 Å². The van der Waals surface area contributed by atoms with E-state index in [0.29, 0.717) is 11.6 Å². The zero-order valence-corrected chi connectivity index (χ0v) is 11.3. The maximum absolute atomic E-state index is 11.5. The lowest BCUT2D eigenvalue weighted by Gasteiger charge is -2.09. The number of anilines is 1. The molecule has 0 aliphatic carbocycles. The Morgan fingerprint density at radius 2 is 2.16 bits per heavy atom. The molecule has 6 heteroatoms. The van der Waals surface area contributed by atoms with E-state index in [9.17, 15) is 14.9 Å². The number of nitrogens with zero attached hydrogens (tertiary/aromatic N) is 1. The van der Waals surface area contributed by atoms with Crippen LogP contribution in [-0.4, -0.2) is 24.5 Å². The van der Waals surface area contributed by atoms with Crippen molar-refractivity contribution in [3.63, 3.8) is 0 Å². The second-order valence-electron chi connectivity index (χ2n) is 4.59. The van der Waals surface area contributed by atoms with Crippen LogP contribution in [-0.2, 0) is 4.74 Å². The first kappa shape index (κ1) is 14.9. The highest BCUT2D eigenvalue weighted by Gasteiger charge is 2.21. The van der Waals surface area contributed by atoms with Crippen molar-refractivity contribution < 1.29 is 14.5 Å². The number of nitrogens with one attached hydrogen (secondary N) is 1. The lowest BCUT2D eigenvalue weighted by Crippen LogP contribution is -2.09. The van der Waals surface area contributed by atoms with E-state index in [1.807, 2.05) is 0 Å². The summed E-state index contributed by atoms with van der Waals surface area (Å²) in [5, 5.41) is 14.0. The molecule has 0 aliphatic heterocycles. The molecule has 1 aromatic carbocycles. The van der Waals surface area contributed by atoms with Gasteiger partial charge in [0.25, 0.3) is 5.69 Å². The van der Waals surface area contributed by atoms with Gasteiger partial charge in [0.2, 0.25) is 0 Å². The number of esters is 1. The molecule has 19 heavy (non-hydrogen) atoms. The van der Waals surface area contributed by atoms with Gasteiger partial charge < -0.3 is 10.1 Å². The summed E-state index contributed by atoms with van der Waals surface area (Å²) in [6.45, 7) is 4.96. The smallest absolute Gasteiger partial charge is 0.344 e. The van der Waals surface area contributed by atoms with Gasteiger partial charge >= 0.3 is 5.97 Å². The predicted molar refractivity (Wildman–Crippen MR) is 72.4 cm³/mol. The Balaban J connectivity index is 2.92. The molecule has 0 saturated heterocycles. The molecule has 0 fully saturated rings. The number of methoxy groups -OCH3 is 1. The van der Waals surface area contributed by atoms with Crippen LogP contribution in [0.2, 0.25) is 0 Å². The van der Waals surface area contributed by atoms with Crippen molar-refractivity contribution in [2.45, 2.75) is 20.3 Å². The molecular formula is C13H18N2O4. The molecule has 0 saturated carbocycles. The minimum Gasteiger partial charge on any atom is -0.465 e. The Hall–Kier alpha value is -2.11. The van der Waals surface area contributed by atoms with E-state index >= 15 is 0 Å². The molecule has 0 unspecified atom stereocenters. The number of carbonyl (C=O) groups is 1. The molecule has 0 spiro atoms. The Kier molecular flexibility index (Phi) is 5.29. The second kappa shape index (κ2) is 6.72. The summed E-state index contributed by atoms with van der Waals surface area (Å²) in [6.07, 6.45) is 0.977. The van der Waals surface area contributed by atoms with E-state index in [1.54, 1.807) is 6.07 Å². The lowest BCUT2D eigenvalue weighted by molar-refractivity contribution is -0.385. The number of nitro benzene ring substituents is 1. The maximum atomic E-state index is 11.5. The third-order valence-corrected chi connectivity index (χ3v) is 2.65. The van der Waals surface area contributed by atoms with Crippen LogP contribution in [0.15, 0.2) is 18.2 Å². The largest absolute Gasteiger partial charge is 0.465 e. The van der Waals surface area contributed by atoms with Crippen LogP contribution in [0, 0.1) is 16.0 Å². The van der Waals surface area contributed by atoms with Gasteiger partial charge in [-0.1, -0.05) is 13.8 Å². The molecule has 1 rings (SSSR count). The zero-order chi connectivity index (χ0) is 14.4. The number of carbonyl (C=O) groups excluding carboxylic acids is 1. The molecule has 6 nitrogen and oxygen atoms in total. The molecule has 0 bridgehead atoms. The number of ether oxygens (including phenoxy) is 1. The van der Waals surface area contributed by atoms with Gasteiger partial charge in [-0.25, -0.2) is 4.79 Å². The fourth-order valence-corrected chi connectivity index (χ4v) is 1.58. The summed E-state index contributed by atoms with van der Waals surface area (Å²) < 4.78 is 4.55. The van der Waals surface area contributed by atoms with Gasteiger partial charge in [-0.05, 0) is 24.5 Å². The van der Waals surface area contributed by atoms with Crippen LogP contribution in [0.25, 0.3) is 0 Å². The van der Waals surface area contributed by atoms with Crippen molar-refractivity contribution in [1.29, 1.82) is 0 Å². The van der Waals surface area contributed by atoms with Gasteiger partial charge in [-0.15, -0.1) is 0 Å². The van der Waals surface area contributed by atoms with Crippen molar-refractivity contribution in [2.24, 2.45) is 5.92 Å². The number of benzene rings is 1. The summed E-state index contributed by atoms with van der Waals surface area (Å²) in [5.74, 6) is -0.148. The maximum Gasteiger partial charge on any atom is 0.344 e. The highest BCUT2D eigenvalue weighted by Crippen LogP contribution is 2.23. The Morgan fingerprint density at radius 1 is 1.47 bits per heavy atom. The van der Waals surface area contributed by atoms with Crippen molar-refractivity contribution in [1.82, 2.24) is 0 Å². The van der Waals surface area contributed by atoms with Crippen LogP contribution >= 0.6 is 0 Å². The van der Waals surface area contributed by atoms with Gasteiger partial charge in [-0.2, -0.15) is 0 Å². The van der Waals surface area contributed by atoms with Crippen molar-refractivity contribution >= 4 is 17.3 Å². The fourth-order valence-electron chi connectivity index (χ4n) is 1.58. The highest BCUT2D eigenvalue weighted by molar-refractivity contribution is 5.95. The molecule has 0 aromatic heterocycles. The molecule has 0 amide bonds. The highest BCUT2D eigenvalue weighted by atomic mass is 16.6. The van der Waals surface area contributed by atoms with Crippen LogP contribution in [0.1, 0.15) is 30.6 Å². The topological polar surface area (TPSA) is 81.5 Å². The number of hydrogen-bond donors (Lipinski definition) is 1. The Bertz CT molecular complexity index is 472. The van der Waals surface area contributed by atoms with E-state index in [2.05, 4.69) is 23.9 Å². The first-order valence-electron chi connectivity index (χ1n) is 6.06. The zero-order valence-electron chi connectivity index (χ0n) is 11.3. The van der Waals surface area contributed by atoms with E-state index < -0.39 is 10.9 Å². The third-order valence-electron chi connectivity index (χ3n) is 2.65. The quantitative estimate of drug-likeness (QED) is 0.486. The van der Waals surface area contributed by atoms with E-state index in [-0.39, 0.29) is 11.3 Å². The lowest BCUT2D eigenvalue weighted by atomic mass is 10.1. The predicted octanol–water partition coefficient (Wildman–Crippen LogP) is 2.84. The molecule has 1 N–H and O–H groups in total. The third kappa shape index (κ3) is 4.24. The minimum absolute atomic E-state index is 0.0398. The molecule has 0 heterocycles. The van der Waals surface area contributed by atoms with Gasteiger partial charge in [0.1, 0.15) is 5.56 Å². The van der Waals surface area contributed by atoms with Gasteiger partial charge in [0.15, 0.2) is 0 Å². The van der Waals surface area contributed by atoms with E-state index in [1.165, 1.54) is 19.2 Å². The molecule has 0 aliphatic rings. The first-order chi connectivity index (χ1) is 8.95. The number of rotatable bonds is 6. The summed E-state index contributed by atoms with van der Waals surface area (Å²) in [5.41, 5.74) is 0.384. The van der Waals surface area contributed by atoms with Crippen molar-refractivity contribution in [3.05, 3.63) is 33.9 Å². The molecular weight excluding hydrogens is 248 g/mol. The summed E-state index contributed by atoms with van der Waals surface area (Å²) in [6, 6.07) is 4.35. The SMILES string of the molecule is COC(=O)c1cc(NCCC(C)C)ccc1[N+](=O)[O-]. The van der Waals surface area contributed by atoms with Gasteiger partial charge in [0, 0.05) is 18.3 Å². The summed E-state index contributed by atoms with van der Waals surface area (Å²) in [4.78, 5) is 21.8. The van der Waals surface area contributed by atoms with Crippen LogP contribution in [0.4, 0.5) is 11.4 Å². The minimum atomic E-state index is -0.709. The average molecular weight is 266 g/mol. The summed E-state index contributed by atoms with van der Waals surface area (Å²) >= 11 is 0. The standard InChI is InChI=1S/C13H18N2O4/c1-9(2)6-7-14-10-4-5-12(15(17)18)11(8-10)13(16)19-3/h4-5,8-9,14H,6-7H2,1-3H3. The Labute approximate surface area is 111 Å². The second-order valence-corrected chi connectivity index (χ2v) is 4.59. The number of nitro groups is 1. The van der Waals surface area contributed by atoms with E-state index in [0.717, 1.165) is 13.0 Å². The van der Waals surface area contributed by atoms with Crippen molar-refractivity contribution in [3.8, 4) is 0 Å². The molecule has 0 atom stereocenters. The normalized spacial score (nSPS) is 10.3. The monoisotopic (exact) mass is 266 g/mol. The van der Waals surface area contributed by atoms with Crippen molar-refractivity contribution in [2.75, 3.05) is 19.0 Å². The molecule has 0 radical (unpaired) electrons. The summed E-state index contributed by atoms with van der Waals surface area (Å²) in [7, 11) is 1.20. The van der Waals surface area contributed by atoms with Crippen LogP contribution < -0.4 is 5.32 Å². The van der Waals surface area contributed by atoms with Crippen LogP contribution in [0.5, 0.6) is 0 Å². The fraction of sp³-hybridized carbons (Fsp3) is 0.462. The number of hydrogen-bond acceptors (Lipinski definition) is 5.